The van der Waals surface area contributed by atoms with Crippen molar-refractivity contribution in [1.82, 2.24) is 9.97 Å². The molecule has 0 saturated heterocycles. The minimum absolute atomic E-state index is 0.686. The summed E-state index contributed by atoms with van der Waals surface area (Å²) in [5, 5.41) is 4.53. The minimum Gasteiger partial charge on any atom is -0.455 e. The molecule has 0 saturated carbocycles. The quantitative estimate of drug-likeness (QED) is 0.230. The van der Waals surface area contributed by atoms with Gasteiger partial charge in [-0.15, -0.1) is 0 Å². The number of furan rings is 1. The lowest BCUT2D eigenvalue weighted by molar-refractivity contribution is 0.671. The fourth-order valence-electron chi connectivity index (χ4n) is 5.75. The van der Waals surface area contributed by atoms with Crippen LogP contribution >= 0.6 is 0 Å². The summed E-state index contributed by atoms with van der Waals surface area (Å²) in [5.74, 6) is 0.686. The van der Waals surface area contributed by atoms with Gasteiger partial charge in [0.05, 0.1) is 11.4 Å². The van der Waals surface area contributed by atoms with E-state index in [1.165, 1.54) is 10.8 Å². The number of hydrogen-bond acceptors (Lipinski definition) is 3. The van der Waals surface area contributed by atoms with Crippen molar-refractivity contribution in [2.24, 2.45) is 0 Å². The van der Waals surface area contributed by atoms with Crippen LogP contribution in [0.15, 0.2) is 150 Å². The molecule has 0 N–H and O–H groups in total. The van der Waals surface area contributed by atoms with Gasteiger partial charge < -0.3 is 4.42 Å². The maximum Gasteiger partial charge on any atom is 0.160 e. The lowest BCUT2D eigenvalue weighted by Gasteiger charge is -2.09. The summed E-state index contributed by atoms with van der Waals surface area (Å²) >= 11 is 0. The number of aromatic nitrogens is 2. The SMILES string of the molecule is c1ccc(-c2cc(-c3cccc4c3oc3c(-c5ccccc5)c5ccccc5cc34)nc(-c3ccccc3)n2)cc1. The summed E-state index contributed by atoms with van der Waals surface area (Å²) in [6.07, 6.45) is 0. The summed E-state index contributed by atoms with van der Waals surface area (Å²) in [7, 11) is 0. The fourth-order valence-corrected chi connectivity index (χ4v) is 5.75. The van der Waals surface area contributed by atoms with Gasteiger partial charge in [-0.3, -0.25) is 0 Å². The Hall–Kier alpha value is -5.54. The van der Waals surface area contributed by atoms with Crippen molar-refractivity contribution in [3.05, 3.63) is 146 Å². The molecule has 0 unspecified atom stereocenters. The molecule has 41 heavy (non-hydrogen) atoms. The van der Waals surface area contributed by atoms with Gasteiger partial charge in [0.1, 0.15) is 11.2 Å². The normalized spacial score (nSPS) is 11.4. The zero-order valence-electron chi connectivity index (χ0n) is 22.2. The first-order chi connectivity index (χ1) is 20.3. The summed E-state index contributed by atoms with van der Waals surface area (Å²) < 4.78 is 6.86. The molecule has 0 spiro atoms. The van der Waals surface area contributed by atoms with Gasteiger partial charge >= 0.3 is 0 Å². The molecule has 0 aliphatic carbocycles. The second-order valence-electron chi connectivity index (χ2n) is 10.2. The van der Waals surface area contributed by atoms with Crippen LogP contribution in [-0.2, 0) is 0 Å². The second kappa shape index (κ2) is 9.58. The van der Waals surface area contributed by atoms with E-state index >= 15 is 0 Å². The molecule has 192 valence electrons. The third-order valence-electron chi connectivity index (χ3n) is 7.68. The maximum atomic E-state index is 6.86. The van der Waals surface area contributed by atoms with Gasteiger partial charge in [0.2, 0.25) is 0 Å². The Morgan fingerprint density at radius 2 is 1.02 bits per heavy atom. The zero-order valence-corrected chi connectivity index (χ0v) is 22.2. The third-order valence-corrected chi connectivity index (χ3v) is 7.68. The van der Waals surface area contributed by atoms with Gasteiger partial charge in [0.25, 0.3) is 0 Å². The number of fused-ring (bicyclic) bond motifs is 4. The lowest BCUT2D eigenvalue weighted by atomic mass is 9.95. The van der Waals surface area contributed by atoms with Crippen LogP contribution in [0.2, 0.25) is 0 Å². The molecule has 3 nitrogen and oxygen atoms in total. The van der Waals surface area contributed by atoms with E-state index in [9.17, 15) is 0 Å². The maximum absolute atomic E-state index is 6.86. The highest BCUT2D eigenvalue weighted by atomic mass is 16.3. The van der Waals surface area contributed by atoms with Crippen molar-refractivity contribution in [2.75, 3.05) is 0 Å². The highest BCUT2D eigenvalue weighted by Gasteiger charge is 2.20. The highest BCUT2D eigenvalue weighted by molar-refractivity contribution is 6.19. The molecule has 0 amide bonds. The number of rotatable bonds is 4. The van der Waals surface area contributed by atoms with E-state index in [2.05, 4.69) is 91.0 Å². The van der Waals surface area contributed by atoms with Crippen LogP contribution in [0.25, 0.3) is 77.7 Å². The van der Waals surface area contributed by atoms with Crippen LogP contribution < -0.4 is 0 Å². The van der Waals surface area contributed by atoms with E-state index in [4.69, 9.17) is 14.4 Å². The molecule has 3 heteroatoms. The predicted molar refractivity (Wildman–Crippen MR) is 169 cm³/mol. The topological polar surface area (TPSA) is 38.9 Å². The van der Waals surface area contributed by atoms with E-state index < -0.39 is 0 Å². The smallest absolute Gasteiger partial charge is 0.160 e. The van der Waals surface area contributed by atoms with Gasteiger partial charge in [-0.25, -0.2) is 9.97 Å². The summed E-state index contributed by atoms with van der Waals surface area (Å²) in [4.78, 5) is 10.1. The zero-order chi connectivity index (χ0) is 27.2. The van der Waals surface area contributed by atoms with Crippen LogP contribution in [-0.4, -0.2) is 9.97 Å². The van der Waals surface area contributed by atoms with Crippen molar-refractivity contribution in [3.63, 3.8) is 0 Å². The summed E-state index contributed by atoms with van der Waals surface area (Å²) in [6.45, 7) is 0. The monoisotopic (exact) mass is 524 g/mol. The van der Waals surface area contributed by atoms with Crippen LogP contribution in [0.5, 0.6) is 0 Å². The molecule has 6 aromatic carbocycles. The molecule has 0 radical (unpaired) electrons. The van der Waals surface area contributed by atoms with Crippen LogP contribution in [0.1, 0.15) is 0 Å². The van der Waals surface area contributed by atoms with Crippen LogP contribution in [0.4, 0.5) is 0 Å². The van der Waals surface area contributed by atoms with E-state index in [0.717, 1.165) is 61.1 Å². The van der Waals surface area contributed by atoms with Gasteiger partial charge in [-0.2, -0.15) is 0 Å². The third kappa shape index (κ3) is 3.98. The first-order valence-electron chi connectivity index (χ1n) is 13.8. The Labute approximate surface area is 237 Å². The molecular weight excluding hydrogens is 500 g/mol. The van der Waals surface area contributed by atoms with Crippen molar-refractivity contribution >= 4 is 32.7 Å². The molecule has 0 aliphatic rings. The van der Waals surface area contributed by atoms with Crippen molar-refractivity contribution in [2.45, 2.75) is 0 Å². The van der Waals surface area contributed by atoms with Crippen molar-refractivity contribution in [1.29, 1.82) is 0 Å². The van der Waals surface area contributed by atoms with Crippen molar-refractivity contribution in [3.8, 4) is 45.0 Å². The standard InChI is InChI=1S/C38H24N2O/c1-4-13-25(14-5-1)33-24-34(40-38(39-33)27-17-8-3-9-18-27)31-22-12-21-30-32-23-28-19-10-11-20-29(28)35(37(32)41-36(30)31)26-15-6-2-7-16-26/h1-24H. The van der Waals surface area contributed by atoms with Gasteiger partial charge in [-0.1, -0.05) is 127 Å². The molecule has 0 bridgehead atoms. The van der Waals surface area contributed by atoms with Crippen molar-refractivity contribution < 1.29 is 4.42 Å². The lowest BCUT2D eigenvalue weighted by Crippen LogP contribution is -1.96. The Kier molecular flexibility index (Phi) is 5.46. The molecule has 0 aliphatic heterocycles. The molecular formula is C38H24N2O. The first kappa shape index (κ1) is 23.4. The molecule has 8 aromatic rings. The molecule has 8 rings (SSSR count). The first-order valence-corrected chi connectivity index (χ1v) is 13.8. The Morgan fingerprint density at radius 3 is 1.78 bits per heavy atom. The Morgan fingerprint density at radius 1 is 0.415 bits per heavy atom. The molecule has 0 atom stereocenters. The van der Waals surface area contributed by atoms with E-state index in [-0.39, 0.29) is 0 Å². The summed E-state index contributed by atoms with van der Waals surface area (Å²) in [5.41, 5.74) is 8.62. The van der Waals surface area contributed by atoms with E-state index in [1.54, 1.807) is 0 Å². The largest absolute Gasteiger partial charge is 0.455 e. The second-order valence-corrected chi connectivity index (χ2v) is 10.2. The highest BCUT2D eigenvalue weighted by Crippen LogP contribution is 2.43. The number of benzene rings is 6. The molecule has 2 aromatic heterocycles. The fraction of sp³-hybridized carbons (Fsp3) is 0. The Bertz CT molecular complexity index is 2130. The molecule has 2 heterocycles. The average molecular weight is 525 g/mol. The van der Waals surface area contributed by atoms with Crippen LogP contribution in [0, 0.1) is 0 Å². The average Bonchev–Trinajstić information content (AvgIpc) is 3.43. The summed E-state index contributed by atoms with van der Waals surface area (Å²) in [6, 6.07) is 50.1. The number of nitrogens with zero attached hydrogens (tertiary/aromatic N) is 2. The van der Waals surface area contributed by atoms with Gasteiger partial charge in [0, 0.05) is 33.0 Å². The van der Waals surface area contributed by atoms with E-state index in [1.807, 2.05) is 54.6 Å². The van der Waals surface area contributed by atoms with E-state index in [0.29, 0.717) is 5.82 Å². The van der Waals surface area contributed by atoms with Crippen LogP contribution in [0.3, 0.4) is 0 Å². The minimum atomic E-state index is 0.686. The van der Waals surface area contributed by atoms with Gasteiger partial charge in [0.15, 0.2) is 5.82 Å². The Balaban J connectivity index is 1.43. The predicted octanol–water partition coefficient (Wildman–Crippen LogP) is 10.2. The number of hydrogen-bond donors (Lipinski definition) is 0. The van der Waals surface area contributed by atoms with Gasteiger partial charge in [-0.05, 0) is 34.5 Å². The number of para-hydroxylation sites is 1. The molecule has 0 fully saturated rings.